The van der Waals surface area contributed by atoms with Crippen LogP contribution in [0.25, 0.3) is 20.7 Å². The fraction of sp³-hybridized carbons (Fsp3) is 0.368. The summed E-state index contributed by atoms with van der Waals surface area (Å²) in [4.78, 5) is 19.8. The number of ether oxygens (including phenoxy) is 1. The third-order valence-electron chi connectivity index (χ3n) is 4.59. The second-order valence-corrected chi connectivity index (χ2v) is 8.20. The van der Waals surface area contributed by atoms with Crippen LogP contribution in [0, 0.1) is 0 Å². The summed E-state index contributed by atoms with van der Waals surface area (Å²) in [6.45, 7) is 2.51. The van der Waals surface area contributed by atoms with E-state index in [0.717, 1.165) is 48.0 Å². The monoisotopic (exact) mass is 372 g/mol. The summed E-state index contributed by atoms with van der Waals surface area (Å²) >= 11 is 3.07. The molecule has 6 heteroatoms. The molecule has 0 saturated carbocycles. The van der Waals surface area contributed by atoms with Crippen LogP contribution in [0.4, 0.5) is 5.69 Å². The zero-order chi connectivity index (χ0) is 17.4. The zero-order valence-corrected chi connectivity index (χ0v) is 15.8. The number of esters is 1. The molecule has 1 aliphatic carbocycles. The van der Waals surface area contributed by atoms with Crippen molar-refractivity contribution in [3.63, 3.8) is 0 Å². The zero-order valence-electron chi connectivity index (χ0n) is 14.1. The van der Waals surface area contributed by atoms with E-state index in [9.17, 15) is 4.79 Å². The van der Waals surface area contributed by atoms with Crippen LogP contribution in [0.2, 0.25) is 0 Å². The number of rotatable bonds is 5. The van der Waals surface area contributed by atoms with E-state index in [1.54, 1.807) is 11.3 Å². The fourth-order valence-electron chi connectivity index (χ4n) is 3.36. The van der Waals surface area contributed by atoms with Crippen LogP contribution in [0.15, 0.2) is 17.5 Å². The molecule has 0 fully saturated rings. The van der Waals surface area contributed by atoms with Gasteiger partial charge in [0, 0.05) is 21.5 Å². The number of thiophene rings is 2. The van der Waals surface area contributed by atoms with Crippen LogP contribution < -0.4 is 5.73 Å². The van der Waals surface area contributed by atoms with Crippen LogP contribution in [0.1, 0.15) is 47.1 Å². The van der Waals surface area contributed by atoms with E-state index < -0.39 is 0 Å². The van der Waals surface area contributed by atoms with E-state index in [1.807, 2.05) is 0 Å². The summed E-state index contributed by atoms with van der Waals surface area (Å²) in [5.74, 6) is -0.328. The lowest BCUT2D eigenvalue weighted by Crippen LogP contribution is -2.06. The summed E-state index contributed by atoms with van der Waals surface area (Å²) in [5.41, 5.74) is 10.6. The highest BCUT2D eigenvalue weighted by atomic mass is 32.1. The molecule has 3 heterocycles. The highest BCUT2D eigenvalue weighted by molar-refractivity contribution is 7.21. The van der Waals surface area contributed by atoms with E-state index in [1.165, 1.54) is 27.3 Å². The number of fused-ring (bicyclic) bond motifs is 2. The number of aromatic nitrogens is 1. The minimum atomic E-state index is -0.328. The second kappa shape index (κ2) is 6.77. The predicted molar refractivity (Wildman–Crippen MR) is 105 cm³/mol. The molecular weight excluding hydrogens is 352 g/mol. The lowest BCUT2D eigenvalue weighted by Gasteiger charge is -2.09. The number of nitrogen functional groups attached to an aromatic ring is 1. The van der Waals surface area contributed by atoms with Crippen molar-refractivity contribution in [1.29, 1.82) is 0 Å². The van der Waals surface area contributed by atoms with Crippen LogP contribution in [-0.4, -0.2) is 17.6 Å². The summed E-state index contributed by atoms with van der Waals surface area (Å²) in [7, 11) is 0. The second-order valence-electron chi connectivity index (χ2n) is 6.26. The summed E-state index contributed by atoms with van der Waals surface area (Å²) in [5, 5.41) is 3.00. The number of aryl methyl sites for hydroxylation is 1. The van der Waals surface area contributed by atoms with Crippen molar-refractivity contribution in [3.05, 3.63) is 33.6 Å². The van der Waals surface area contributed by atoms with Gasteiger partial charge in [0.2, 0.25) is 0 Å². The summed E-state index contributed by atoms with van der Waals surface area (Å²) in [6, 6.07) is 4.17. The number of carbonyl (C=O) groups is 1. The van der Waals surface area contributed by atoms with Crippen molar-refractivity contribution in [1.82, 2.24) is 4.98 Å². The molecule has 3 aromatic heterocycles. The third kappa shape index (κ3) is 2.83. The molecule has 0 bridgehead atoms. The van der Waals surface area contributed by atoms with Gasteiger partial charge in [-0.1, -0.05) is 19.4 Å². The Bertz CT molecular complexity index is 929. The van der Waals surface area contributed by atoms with Crippen molar-refractivity contribution in [3.8, 4) is 10.4 Å². The first-order valence-electron chi connectivity index (χ1n) is 8.65. The number of hydrogen-bond acceptors (Lipinski definition) is 6. The van der Waals surface area contributed by atoms with Gasteiger partial charge in [-0.3, -0.25) is 0 Å². The Morgan fingerprint density at radius 2 is 2.28 bits per heavy atom. The number of anilines is 1. The van der Waals surface area contributed by atoms with E-state index in [4.69, 9.17) is 15.5 Å². The Kier molecular flexibility index (Phi) is 4.48. The fourth-order valence-corrected chi connectivity index (χ4v) is 5.19. The van der Waals surface area contributed by atoms with Crippen molar-refractivity contribution >= 4 is 44.5 Å². The highest BCUT2D eigenvalue weighted by Crippen LogP contribution is 2.45. The molecule has 0 spiro atoms. The first-order valence-corrected chi connectivity index (χ1v) is 10.3. The molecular formula is C19H20N2O2S2. The van der Waals surface area contributed by atoms with Gasteiger partial charge in [-0.25, -0.2) is 9.78 Å². The number of nitrogens with two attached hydrogens (primary N) is 1. The van der Waals surface area contributed by atoms with Crippen LogP contribution in [-0.2, 0) is 17.6 Å². The van der Waals surface area contributed by atoms with E-state index in [2.05, 4.69) is 24.4 Å². The molecule has 4 nitrogen and oxygen atoms in total. The lowest BCUT2D eigenvalue weighted by atomic mass is 10.0. The van der Waals surface area contributed by atoms with Gasteiger partial charge in [0.25, 0.3) is 0 Å². The molecule has 4 rings (SSSR count). The van der Waals surface area contributed by atoms with Crippen LogP contribution >= 0.6 is 22.7 Å². The Morgan fingerprint density at radius 3 is 3.04 bits per heavy atom. The number of nitrogens with zero attached hydrogens (tertiary/aromatic N) is 1. The molecule has 0 radical (unpaired) electrons. The van der Waals surface area contributed by atoms with Crippen molar-refractivity contribution < 1.29 is 9.53 Å². The van der Waals surface area contributed by atoms with Gasteiger partial charge < -0.3 is 10.5 Å². The maximum absolute atomic E-state index is 12.4. The number of carbonyl (C=O) groups excluding carboxylic acids is 1. The Morgan fingerprint density at radius 1 is 1.40 bits per heavy atom. The molecule has 1 aliphatic rings. The normalized spacial score (nSPS) is 13.3. The quantitative estimate of drug-likeness (QED) is 0.502. The molecule has 0 unspecified atom stereocenters. The number of hydrogen-bond donors (Lipinski definition) is 1. The molecule has 0 saturated heterocycles. The van der Waals surface area contributed by atoms with Crippen molar-refractivity contribution in [2.75, 3.05) is 12.3 Å². The maximum atomic E-state index is 12.4. The first-order chi connectivity index (χ1) is 12.2. The van der Waals surface area contributed by atoms with Crippen molar-refractivity contribution in [2.45, 2.75) is 39.0 Å². The van der Waals surface area contributed by atoms with E-state index in [0.29, 0.717) is 17.2 Å². The molecule has 0 aromatic carbocycles. The smallest absolute Gasteiger partial charge is 0.350 e. The van der Waals surface area contributed by atoms with Gasteiger partial charge in [0.05, 0.1) is 12.3 Å². The third-order valence-corrected chi connectivity index (χ3v) is 6.55. The molecule has 0 amide bonds. The van der Waals surface area contributed by atoms with Crippen molar-refractivity contribution in [2.24, 2.45) is 0 Å². The van der Waals surface area contributed by atoms with Gasteiger partial charge in [-0.2, -0.15) is 0 Å². The van der Waals surface area contributed by atoms with Gasteiger partial charge >= 0.3 is 5.97 Å². The van der Waals surface area contributed by atoms with Crippen LogP contribution in [0.5, 0.6) is 0 Å². The van der Waals surface area contributed by atoms with Gasteiger partial charge in [0.15, 0.2) is 0 Å². The highest BCUT2D eigenvalue weighted by Gasteiger charge is 2.27. The molecule has 0 atom stereocenters. The summed E-state index contributed by atoms with van der Waals surface area (Å²) in [6.07, 6.45) is 5.01. The predicted octanol–water partition coefficient (Wildman–Crippen LogP) is 5.05. The van der Waals surface area contributed by atoms with E-state index in [-0.39, 0.29) is 5.97 Å². The molecule has 2 N–H and O–H groups in total. The van der Waals surface area contributed by atoms with Gasteiger partial charge in [-0.15, -0.1) is 22.7 Å². The standard InChI is InChI=1S/C19H20N2O2S2/c1-2-3-9-23-19(22)17-16(20)15-14(13-8-5-10-24-13)11-6-4-7-12(11)21-18(15)25-17/h5,8,10H,2-4,6-7,9,20H2,1H3. The maximum Gasteiger partial charge on any atom is 0.350 e. The molecule has 25 heavy (non-hydrogen) atoms. The first kappa shape index (κ1) is 16.5. The molecule has 3 aromatic rings. The summed E-state index contributed by atoms with van der Waals surface area (Å²) < 4.78 is 5.38. The van der Waals surface area contributed by atoms with Crippen LogP contribution in [0.3, 0.4) is 0 Å². The largest absolute Gasteiger partial charge is 0.461 e. The minimum absolute atomic E-state index is 0.328. The SMILES string of the molecule is CCCCOC(=O)c1sc2nc3c(c(-c4cccs4)c2c1N)CCC3. The average Bonchev–Trinajstić information content (AvgIpc) is 3.33. The average molecular weight is 373 g/mol. The molecule has 130 valence electrons. The van der Waals surface area contributed by atoms with Gasteiger partial charge in [-0.05, 0) is 42.7 Å². The number of pyridine rings is 1. The lowest BCUT2D eigenvalue weighted by molar-refractivity contribution is 0.0506. The Labute approximate surface area is 154 Å². The Balaban J connectivity index is 1.86. The molecule has 0 aliphatic heterocycles. The Hall–Kier alpha value is -1.92. The topological polar surface area (TPSA) is 65.2 Å². The van der Waals surface area contributed by atoms with Gasteiger partial charge in [0.1, 0.15) is 9.71 Å². The minimum Gasteiger partial charge on any atom is -0.461 e. The van der Waals surface area contributed by atoms with E-state index >= 15 is 0 Å². The number of unbranched alkanes of at least 4 members (excludes halogenated alkanes) is 1.